The summed E-state index contributed by atoms with van der Waals surface area (Å²) in [6.45, 7) is 0. The van der Waals surface area contributed by atoms with Gasteiger partial charge >= 0.3 is 0 Å². The summed E-state index contributed by atoms with van der Waals surface area (Å²) in [6, 6.07) is 6.65. The zero-order chi connectivity index (χ0) is 14.6. The van der Waals surface area contributed by atoms with Crippen molar-refractivity contribution in [3.05, 3.63) is 55.5 Å². The molecule has 0 atom stereocenters. The van der Waals surface area contributed by atoms with Gasteiger partial charge in [-0.3, -0.25) is 9.59 Å². The van der Waals surface area contributed by atoms with Crippen LogP contribution in [0.25, 0.3) is 0 Å². The van der Waals surface area contributed by atoms with Gasteiger partial charge in [0.25, 0.3) is 0 Å². The molecule has 100 valence electrons. The number of hydrogen-bond acceptors (Lipinski definition) is 4. The number of fused-ring (bicyclic) bond motifs is 2. The van der Waals surface area contributed by atoms with Crippen LogP contribution in [0.1, 0.15) is 31.8 Å². The van der Waals surface area contributed by atoms with Crippen molar-refractivity contribution in [2.75, 3.05) is 11.5 Å². The highest BCUT2D eigenvalue weighted by Gasteiger charge is 2.35. The number of halogens is 2. The Morgan fingerprint density at radius 1 is 0.750 bits per heavy atom. The van der Waals surface area contributed by atoms with E-state index in [2.05, 4.69) is 31.9 Å². The fourth-order valence-electron chi connectivity index (χ4n) is 2.35. The van der Waals surface area contributed by atoms with Gasteiger partial charge in [0.15, 0.2) is 11.6 Å². The summed E-state index contributed by atoms with van der Waals surface area (Å²) < 4.78 is 0.962. The summed E-state index contributed by atoms with van der Waals surface area (Å²) >= 11 is 6.56. The van der Waals surface area contributed by atoms with Crippen molar-refractivity contribution in [1.82, 2.24) is 0 Å². The molecule has 0 heterocycles. The van der Waals surface area contributed by atoms with Crippen LogP contribution in [0.4, 0.5) is 11.4 Å². The van der Waals surface area contributed by atoms with E-state index in [9.17, 15) is 9.59 Å². The van der Waals surface area contributed by atoms with Crippen LogP contribution in [0, 0.1) is 0 Å². The molecule has 4 nitrogen and oxygen atoms in total. The van der Waals surface area contributed by atoms with Gasteiger partial charge < -0.3 is 11.5 Å². The van der Waals surface area contributed by atoms with E-state index in [4.69, 9.17) is 11.5 Å². The molecule has 1 aliphatic carbocycles. The number of nitrogen functional groups attached to an aromatic ring is 2. The summed E-state index contributed by atoms with van der Waals surface area (Å²) in [5.41, 5.74) is 13.4. The van der Waals surface area contributed by atoms with Crippen LogP contribution in [0.15, 0.2) is 33.2 Å². The minimum Gasteiger partial charge on any atom is -0.397 e. The predicted molar refractivity (Wildman–Crippen MR) is 84.0 cm³/mol. The van der Waals surface area contributed by atoms with Crippen LogP contribution < -0.4 is 11.5 Å². The first-order chi connectivity index (χ1) is 9.45. The lowest BCUT2D eigenvalue weighted by atomic mass is 9.82. The molecule has 4 N–H and O–H groups in total. The highest BCUT2D eigenvalue weighted by Crippen LogP contribution is 2.43. The second-order valence-electron chi connectivity index (χ2n) is 4.41. The number of nitrogens with two attached hydrogens (primary N) is 2. The molecule has 2 aromatic rings. The fraction of sp³-hybridized carbons (Fsp3) is 0. The van der Waals surface area contributed by atoms with Crippen molar-refractivity contribution in [2.24, 2.45) is 0 Å². The molecular weight excluding hydrogens is 388 g/mol. The van der Waals surface area contributed by atoms with Crippen molar-refractivity contribution in [3.8, 4) is 0 Å². The maximum absolute atomic E-state index is 12.6. The van der Waals surface area contributed by atoms with Crippen LogP contribution in [-0.2, 0) is 0 Å². The van der Waals surface area contributed by atoms with E-state index < -0.39 is 0 Å². The number of ketones is 2. The molecule has 0 aromatic heterocycles. The van der Waals surface area contributed by atoms with Gasteiger partial charge in [-0.15, -0.1) is 0 Å². The largest absolute Gasteiger partial charge is 0.397 e. The molecule has 6 heteroatoms. The molecule has 0 unspecified atom stereocenters. The normalized spacial score (nSPS) is 13.1. The Hall–Kier alpha value is -1.66. The summed E-state index contributed by atoms with van der Waals surface area (Å²) in [6.07, 6.45) is 0. The van der Waals surface area contributed by atoms with Crippen LogP contribution in [-0.4, -0.2) is 11.6 Å². The van der Waals surface area contributed by atoms with E-state index in [-0.39, 0.29) is 34.1 Å². The Kier molecular flexibility index (Phi) is 2.95. The third-order valence-electron chi connectivity index (χ3n) is 3.32. The van der Waals surface area contributed by atoms with E-state index in [0.29, 0.717) is 20.1 Å². The van der Waals surface area contributed by atoms with E-state index in [0.717, 1.165) is 0 Å². The number of rotatable bonds is 0. The molecule has 2 aromatic carbocycles. The molecule has 3 rings (SSSR count). The maximum atomic E-state index is 12.6. The zero-order valence-corrected chi connectivity index (χ0v) is 13.2. The smallest absolute Gasteiger partial charge is 0.196 e. The van der Waals surface area contributed by atoms with E-state index in [1.807, 2.05) is 0 Å². The Morgan fingerprint density at radius 3 is 1.45 bits per heavy atom. The van der Waals surface area contributed by atoms with Crippen molar-refractivity contribution in [3.63, 3.8) is 0 Å². The van der Waals surface area contributed by atoms with Gasteiger partial charge in [-0.05, 0) is 31.9 Å². The predicted octanol–water partition coefficient (Wildman–Crippen LogP) is 3.15. The van der Waals surface area contributed by atoms with Crippen LogP contribution >= 0.6 is 31.9 Å². The van der Waals surface area contributed by atoms with Crippen molar-refractivity contribution >= 4 is 54.8 Å². The average molecular weight is 396 g/mol. The van der Waals surface area contributed by atoms with Gasteiger partial charge in [-0.1, -0.05) is 24.3 Å². The van der Waals surface area contributed by atoms with Gasteiger partial charge in [0.1, 0.15) is 0 Å². The van der Waals surface area contributed by atoms with Crippen LogP contribution in [0.2, 0.25) is 0 Å². The minimum atomic E-state index is -0.285. The van der Waals surface area contributed by atoms with Gasteiger partial charge in [0, 0.05) is 11.1 Å². The third kappa shape index (κ3) is 1.58. The Bertz CT molecular complexity index is 734. The SMILES string of the molecule is Nc1c(Br)c(Br)c(N)c2c1C(=O)c1ccccc1C2=O. The quantitative estimate of drug-likeness (QED) is 0.572. The first-order valence-electron chi connectivity index (χ1n) is 5.69. The van der Waals surface area contributed by atoms with Crippen LogP contribution in [0.3, 0.4) is 0 Å². The lowest BCUT2D eigenvalue weighted by Gasteiger charge is -2.22. The lowest BCUT2D eigenvalue weighted by molar-refractivity contribution is 0.0980. The molecule has 0 bridgehead atoms. The molecule has 0 aliphatic heterocycles. The minimum absolute atomic E-state index is 0.168. The summed E-state index contributed by atoms with van der Waals surface area (Å²) in [7, 11) is 0. The molecular formula is C14H8Br2N2O2. The summed E-state index contributed by atoms with van der Waals surface area (Å²) in [5, 5.41) is 0. The number of carbonyl (C=O) groups excluding carboxylic acids is 2. The van der Waals surface area contributed by atoms with Crippen molar-refractivity contribution in [1.29, 1.82) is 0 Å². The number of benzene rings is 2. The van der Waals surface area contributed by atoms with Crippen molar-refractivity contribution in [2.45, 2.75) is 0 Å². The first kappa shape index (κ1) is 13.3. The van der Waals surface area contributed by atoms with Gasteiger partial charge in [0.2, 0.25) is 0 Å². The number of hydrogen-bond donors (Lipinski definition) is 2. The first-order valence-corrected chi connectivity index (χ1v) is 7.28. The highest BCUT2D eigenvalue weighted by molar-refractivity contribution is 9.13. The van der Waals surface area contributed by atoms with Gasteiger partial charge in [-0.25, -0.2) is 0 Å². The highest BCUT2D eigenvalue weighted by atomic mass is 79.9. The summed E-state index contributed by atoms with van der Waals surface area (Å²) in [5.74, 6) is -0.569. The van der Waals surface area contributed by atoms with Gasteiger partial charge in [-0.2, -0.15) is 0 Å². The standard InChI is InChI=1S/C14H8Br2N2O2/c15-9-10(16)12(18)8-7(11(9)17)13(19)5-3-1-2-4-6(5)14(8)20/h1-4H,17-18H2. The number of anilines is 2. The molecule has 0 saturated carbocycles. The molecule has 0 radical (unpaired) electrons. The second-order valence-corrected chi connectivity index (χ2v) is 6.00. The van der Waals surface area contributed by atoms with Gasteiger partial charge in [0.05, 0.1) is 31.4 Å². The lowest BCUT2D eigenvalue weighted by Crippen LogP contribution is -2.24. The molecule has 20 heavy (non-hydrogen) atoms. The fourth-order valence-corrected chi connectivity index (χ4v) is 3.17. The summed E-state index contributed by atoms with van der Waals surface area (Å²) in [4.78, 5) is 25.1. The maximum Gasteiger partial charge on any atom is 0.196 e. The third-order valence-corrected chi connectivity index (χ3v) is 5.50. The second kappa shape index (κ2) is 4.43. The molecule has 0 spiro atoms. The molecule has 0 amide bonds. The molecule has 0 saturated heterocycles. The molecule has 0 fully saturated rings. The van der Waals surface area contributed by atoms with E-state index >= 15 is 0 Å². The van der Waals surface area contributed by atoms with Crippen molar-refractivity contribution < 1.29 is 9.59 Å². The number of carbonyl (C=O) groups is 2. The topological polar surface area (TPSA) is 86.2 Å². The Morgan fingerprint density at radius 2 is 1.10 bits per heavy atom. The van der Waals surface area contributed by atoms with Crippen LogP contribution in [0.5, 0.6) is 0 Å². The molecule has 1 aliphatic rings. The monoisotopic (exact) mass is 394 g/mol. The Labute approximate surface area is 131 Å². The average Bonchev–Trinajstić information content (AvgIpc) is 2.46. The Balaban J connectivity index is 2.46. The van der Waals surface area contributed by atoms with E-state index in [1.54, 1.807) is 24.3 Å². The zero-order valence-electron chi connectivity index (χ0n) is 10.0. The van der Waals surface area contributed by atoms with E-state index in [1.165, 1.54) is 0 Å².